The minimum Gasteiger partial charge on any atom is -0.446 e. The highest BCUT2D eigenvalue weighted by Gasteiger charge is 2.32. The highest BCUT2D eigenvalue weighted by Crippen LogP contribution is 2.16. The quantitative estimate of drug-likeness (QED) is 0.607. The van der Waals surface area contributed by atoms with Crippen molar-refractivity contribution < 1.29 is 14.3 Å². The molecule has 0 aliphatic carbocycles. The van der Waals surface area contributed by atoms with E-state index < -0.39 is 0 Å². The molecule has 0 radical (unpaired) electrons. The van der Waals surface area contributed by atoms with Crippen molar-refractivity contribution >= 4 is 6.47 Å². The fourth-order valence-corrected chi connectivity index (χ4v) is 1.62. The summed E-state index contributed by atoms with van der Waals surface area (Å²) in [7, 11) is 0. The summed E-state index contributed by atoms with van der Waals surface area (Å²) < 4.78 is 10.4. The molecule has 0 amide bonds. The molecule has 1 saturated heterocycles. The Balaban J connectivity index is 2.61. The molecule has 13 heavy (non-hydrogen) atoms. The topological polar surface area (TPSA) is 38.8 Å². The normalized spacial score (nSPS) is 30.5. The third-order valence-electron chi connectivity index (χ3n) is 2.32. The van der Waals surface area contributed by atoms with Crippen LogP contribution in [0.2, 0.25) is 0 Å². The van der Waals surface area contributed by atoms with Gasteiger partial charge in [0.15, 0.2) is 6.23 Å². The summed E-state index contributed by atoms with van der Waals surface area (Å²) in [4.78, 5) is 12.4. The van der Waals surface area contributed by atoms with Crippen LogP contribution in [0.4, 0.5) is 0 Å². The van der Waals surface area contributed by atoms with Gasteiger partial charge in [-0.05, 0) is 20.8 Å². The van der Waals surface area contributed by atoms with Crippen LogP contribution in [0.3, 0.4) is 0 Å². The zero-order chi connectivity index (χ0) is 9.84. The van der Waals surface area contributed by atoms with E-state index in [1.165, 1.54) is 0 Å². The first-order valence-corrected chi connectivity index (χ1v) is 4.63. The Bertz CT molecular complexity index is 172. The average molecular weight is 187 g/mol. The van der Waals surface area contributed by atoms with Crippen LogP contribution in [0, 0.1) is 0 Å². The first kappa shape index (κ1) is 10.5. The summed E-state index contributed by atoms with van der Waals surface area (Å²) >= 11 is 0. The molecule has 2 atom stereocenters. The Morgan fingerprint density at radius 1 is 1.62 bits per heavy atom. The molecule has 0 aromatic carbocycles. The summed E-state index contributed by atoms with van der Waals surface area (Å²) in [6.45, 7) is 8.10. The number of morpholine rings is 1. The molecule has 0 aromatic rings. The van der Waals surface area contributed by atoms with E-state index in [1.54, 1.807) is 0 Å². The molecule has 0 unspecified atom stereocenters. The van der Waals surface area contributed by atoms with Crippen molar-refractivity contribution in [1.82, 2.24) is 4.90 Å². The third kappa shape index (κ3) is 2.42. The minimum atomic E-state index is -0.230. The summed E-state index contributed by atoms with van der Waals surface area (Å²) in [5, 5.41) is 0. The molecule has 0 spiro atoms. The molecule has 4 nitrogen and oxygen atoms in total. The summed E-state index contributed by atoms with van der Waals surface area (Å²) in [5.41, 5.74) is 0. The van der Waals surface area contributed by atoms with Crippen LogP contribution in [0.15, 0.2) is 0 Å². The van der Waals surface area contributed by atoms with Gasteiger partial charge in [-0.3, -0.25) is 9.69 Å². The van der Waals surface area contributed by atoms with Gasteiger partial charge in [-0.2, -0.15) is 0 Å². The van der Waals surface area contributed by atoms with E-state index in [1.807, 2.05) is 6.92 Å². The van der Waals surface area contributed by atoms with Crippen molar-refractivity contribution in [2.24, 2.45) is 0 Å². The van der Waals surface area contributed by atoms with Crippen LogP contribution >= 0.6 is 0 Å². The van der Waals surface area contributed by atoms with Gasteiger partial charge in [0.1, 0.15) is 6.10 Å². The van der Waals surface area contributed by atoms with Gasteiger partial charge in [-0.1, -0.05) is 0 Å². The maximum absolute atomic E-state index is 10.3. The van der Waals surface area contributed by atoms with E-state index in [4.69, 9.17) is 9.47 Å². The number of carbonyl (C=O) groups excluding carboxylic acids is 1. The summed E-state index contributed by atoms with van der Waals surface area (Å²) in [6.07, 6.45) is -0.271. The Morgan fingerprint density at radius 2 is 2.31 bits per heavy atom. The lowest BCUT2D eigenvalue weighted by molar-refractivity contribution is -0.185. The highest BCUT2D eigenvalue weighted by molar-refractivity contribution is 5.37. The first-order chi connectivity index (χ1) is 6.16. The zero-order valence-electron chi connectivity index (χ0n) is 8.40. The maximum atomic E-state index is 10.3. The second kappa shape index (κ2) is 4.58. The van der Waals surface area contributed by atoms with Crippen LogP contribution in [0.1, 0.15) is 20.8 Å². The van der Waals surface area contributed by atoms with Crippen LogP contribution in [0.25, 0.3) is 0 Å². The van der Waals surface area contributed by atoms with Gasteiger partial charge in [0.2, 0.25) is 0 Å². The lowest BCUT2D eigenvalue weighted by Gasteiger charge is -2.40. The van der Waals surface area contributed by atoms with Gasteiger partial charge in [0, 0.05) is 12.6 Å². The second-order valence-corrected chi connectivity index (χ2v) is 3.53. The molecule has 0 bridgehead atoms. The molecule has 76 valence electrons. The molecule has 0 saturated carbocycles. The number of carbonyl (C=O) groups is 1. The Kier molecular flexibility index (Phi) is 3.69. The van der Waals surface area contributed by atoms with Crippen LogP contribution in [0.5, 0.6) is 0 Å². The Labute approximate surface area is 78.8 Å². The lowest BCUT2D eigenvalue weighted by Crippen LogP contribution is -2.54. The lowest BCUT2D eigenvalue weighted by atomic mass is 10.2. The molecule has 1 aliphatic heterocycles. The first-order valence-electron chi connectivity index (χ1n) is 4.63. The average Bonchev–Trinajstić information content (AvgIpc) is 2.08. The summed E-state index contributed by atoms with van der Waals surface area (Å²) in [5.74, 6) is 0. The fourth-order valence-electron chi connectivity index (χ4n) is 1.62. The van der Waals surface area contributed by atoms with E-state index in [0.29, 0.717) is 19.1 Å². The molecule has 0 aromatic heterocycles. The number of ether oxygens (including phenoxy) is 2. The van der Waals surface area contributed by atoms with Crippen molar-refractivity contribution in [3.63, 3.8) is 0 Å². The van der Waals surface area contributed by atoms with Gasteiger partial charge >= 0.3 is 0 Å². The van der Waals surface area contributed by atoms with Gasteiger partial charge in [-0.15, -0.1) is 0 Å². The van der Waals surface area contributed by atoms with E-state index in [-0.39, 0.29) is 12.3 Å². The minimum absolute atomic E-state index is 0.0404. The van der Waals surface area contributed by atoms with Crippen molar-refractivity contribution in [2.75, 3.05) is 13.2 Å². The van der Waals surface area contributed by atoms with Gasteiger partial charge in [0.05, 0.1) is 6.61 Å². The van der Waals surface area contributed by atoms with Crippen LogP contribution in [-0.4, -0.2) is 42.9 Å². The van der Waals surface area contributed by atoms with E-state index >= 15 is 0 Å². The number of nitrogens with zero attached hydrogens (tertiary/aromatic N) is 1. The Hall–Kier alpha value is -0.610. The number of hydrogen-bond donors (Lipinski definition) is 0. The van der Waals surface area contributed by atoms with Crippen molar-refractivity contribution in [1.29, 1.82) is 0 Å². The molecule has 1 rings (SSSR count). The molecule has 0 N–H and O–H groups in total. The smallest absolute Gasteiger partial charge is 0.294 e. The van der Waals surface area contributed by atoms with Gasteiger partial charge in [-0.25, -0.2) is 0 Å². The molecule has 1 fully saturated rings. The van der Waals surface area contributed by atoms with Crippen molar-refractivity contribution in [2.45, 2.75) is 39.1 Å². The van der Waals surface area contributed by atoms with E-state index in [0.717, 1.165) is 6.54 Å². The van der Waals surface area contributed by atoms with Gasteiger partial charge in [0.25, 0.3) is 6.47 Å². The molecule has 4 heteroatoms. The SMILES string of the molecule is CC(C)N1CCO[C@H](C)[C@H]1OC=O. The fraction of sp³-hybridized carbons (Fsp3) is 0.889. The molecule has 1 heterocycles. The maximum Gasteiger partial charge on any atom is 0.294 e. The van der Waals surface area contributed by atoms with Crippen LogP contribution in [-0.2, 0) is 14.3 Å². The highest BCUT2D eigenvalue weighted by atomic mass is 16.6. The molecular weight excluding hydrogens is 170 g/mol. The molecule has 1 aliphatic rings. The van der Waals surface area contributed by atoms with Crippen LogP contribution < -0.4 is 0 Å². The number of hydrogen-bond acceptors (Lipinski definition) is 4. The van der Waals surface area contributed by atoms with Gasteiger partial charge < -0.3 is 9.47 Å². The molecular formula is C9H17NO3. The standard InChI is InChI=1S/C9H17NO3/c1-7(2)10-4-5-12-8(3)9(10)13-6-11/h6-9H,4-5H2,1-3H3/t8-,9-/m1/s1. The monoisotopic (exact) mass is 187 g/mol. The summed E-state index contributed by atoms with van der Waals surface area (Å²) in [6, 6.07) is 0.372. The van der Waals surface area contributed by atoms with E-state index in [2.05, 4.69) is 18.7 Å². The predicted molar refractivity (Wildman–Crippen MR) is 48.2 cm³/mol. The second-order valence-electron chi connectivity index (χ2n) is 3.53. The number of rotatable bonds is 3. The van der Waals surface area contributed by atoms with Crippen molar-refractivity contribution in [3.05, 3.63) is 0 Å². The zero-order valence-corrected chi connectivity index (χ0v) is 8.40. The largest absolute Gasteiger partial charge is 0.446 e. The predicted octanol–water partition coefficient (Wildman–Crippen LogP) is 0.615. The van der Waals surface area contributed by atoms with Crippen molar-refractivity contribution in [3.8, 4) is 0 Å². The van der Waals surface area contributed by atoms with E-state index in [9.17, 15) is 4.79 Å². The Morgan fingerprint density at radius 3 is 2.85 bits per heavy atom. The third-order valence-corrected chi connectivity index (χ3v) is 2.32.